The van der Waals surface area contributed by atoms with Gasteiger partial charge in [0.05, 0.1) is 10.7 Å². The molecule has 2 rings (SSSR count). The molecule has 2 N–H and O–H groups in total. The van der Waals surface area contributed by atoms with E-state index in [-0.39, 0.29) is 5.82 Å². The Morgan fingerprint density at radius 3 is 2.56 bits per heavy atom. The average molecular weight is 236 g/mol. The lowest BCUT2D eigenvalue weighted by Gasteiger charge is -2.07. The van der Waals surface area contributed by atoms with E-state index in [9.17, 15) is 4.39 Å². The predicted octanol–water partition coefficient (Wildman–Crippen LogP) is 4.04. The van der Waals surface area contributed by atoms with Gasteiger partial charge in [-0.25, -0.2) is 4.39 Å². The highest BCUT2D eigenvalue weighted by molar-refractivity contribution is 6.33. The van der Waals surface area contributed by atoms with Crippen molar-refractivity contribution in [3.63, 3.8) is 0 Å². The highest BCUT2D eigenvalue weighted by Crippen LogP contribution is 2.29. The van der Waals surface area contributed by atoms with Crippen molar-refractivity contribution in [2.24, 2.45) is 0 Å². The number of hydrogen-bond acceptors (Lipinski definition) is 1. The topological polar surface area (TPSA) is 26.0 Å². The highest BCUT2D eigenvalue weighted by Gasteiger charge is 2.05. The summed E-state index contributed by atoms with van der Waals surface area (Å²) in [4.78, 5) is 0. The molecule has 0 amide bonds. The summed E-state index contributed by atoms with van der Waals surface area (Å²) in [5, 5.41) is 0.512. The zero-order valence-electron chi connectivity index (χ0n) is 8.80. The molecule has 0 saturated carbocycles. The van der Waals surface area contributed by atoms with Crippen molar-refractivity contribution >= 4 is 17.3 Å². The van der Waals surface area contributed by atoms with Crippen LogP contribution < -0.4 is 5.73 Å². The number of aryl methyl sites for hydroxylation is 1. The molecule has 0 unspecified atom stereocenters. The Balaban J connectivity index is 2.58. The Bertz CT molecular complexity index is 537. The number of anilines is 1. The summed E-state index contributed by atoms with van der Waals surface area (Å²) >= 11 is 5.84. The van der Waals surface area contributed by atoms with Crippen molar-refractivity contribution in [1.82, 2.24) is 0 Å². The van der Waals surface area contributed by atoms with Crippen LogP contribution in [-0.2, 0) is 0 Å². The zero-order chi connectivity index (χ0) is 11.7. The molecule has 0 fully saturated rings. The van der Waals surface area contributed by atoms with E-state index in [1.165, 1.54) is 12.1 Å². The molecule has 0 aliphatic rings. The minimum absolute atomic E-state index is 0.255. The van der Waals surface area contributed by atoms with Gasteiger partial charge in [0, 0.05) is 0 Å². The molecule has 82 valence electrons. The molecule has 0 spiro atoms. The SMILES string of the molecule is Cc1ccc(F)cc1-c1ccc(Cl)c(N)c1. The fourth-order valence-corrected chi connectivity index (χ4v) is 1.73. The minimum Gasteiger partial charge on any atom is -0.398 e. The monoisotopic (exact) mass is 235 g/mol. The molecule has 16 heavy (non-hydrogen) atoms. The molecule has 0 heterocycles. The summed E-state index contributed by atoms with van der Waals surface area (Å²) in [7, 11) is 0. The van der Waals surface area contributed by atoms with Crippen LogP contribution >= 0.6 is 11.6 Å². The van der Waals surface area contributed by atoms with Gasteiger partial charge in [-0.15, -0.1) is 0 Å². The molecule has 0 atom stereocenters. The van der Waals surface area contributed by atoms with Crippen molar-refractivity contribution in [3.8, 4) is 11.1 Å². The van der Waals surface area contributed by atoms with E-state index in [0.29, 0.717) is 10.7 Å². The third-order valence-corrected chi connectivity index (χ3v) is 2.85. The second-order valence-electron chi connectivity index (χ2n) is 3.70. The maximum absolute atomic E-state index is 13.2. The van der Waals surface area contributed by atoms with Gasteiger partial charge in [-0.2, -0.15) is 0 Å². The number of rotatable bonds is 1. The second-order valence-corrected chi connectivity index (χ2v) is 4.10. The van der Waals surface area contributed by atoms with Crippen LogP contribution in [0.3, 0.4) is 0 Å². The summed E-state index contributed by atoms with van der Waals surface area (Å²) in [6.07, 6.45) is 0. The first-order chi connectivity index (χ1) is 7.58. The minimum atomic E-state index is -0.255. The lowest BCUT2D eigenvalue weighted by atomic mass is 10.00. The van der Waals surface area contributed by atoms with Gasteiger partial charge in [0.25, 0.3) is 0 Å². The second kappa shape index (κ2) is 4.14. The molecule has 0 radical (unpaired) electrons. The number of nitrogen functional groups attached to an aromatic ring is 1. The lowest BCUT2D eigenvalue weighted by Crippen LogP contribution is -1.89. The Morgan fingerprint density at radius 1 is 1.12 bits per heavy atom. The molecule has 0 saturated heterocycles. The predicted molar refractivity (Wildman–Crippen MR) is 66.0 cm³/mol. The first-order valence-electron chi connectivity index (χ1n) is 4.89. The Kier molecular flexibility index (Phi) is 2.84. The van der Waals surface area contributed by atoms with Crippen LogP contribution in [0.25, 0.3) is 11.1 Å². The third kappa shape index (κ3) is 2.02. The molecule has 0 aromatic heterocycles. The number of benzene rings is 2. The standard InChI is InChI=1S/C13H11ClFN/c1-8-2-4-10(15)7-11(8)9-3-5-12(14)13(16)6-9/h2-7H,16H2,1H3. The van der Waals surface area contributed by atoms with Gasteiger partial charge in [-0.05, 0) is 47.9 Å². The first kappa shape index (κ1) is 11.0. The van der Waals surface area contributed by atoms with Gasteiger partial charge in [-0.1, -0.05) is 23.7 Å². The van der Waals surface area contributed by atoms with Gasteiger partial charge in [0.15, 0.2) is 0 Å². The normalized spacial score (nSPS) is 10.4. The fraction of sp³-hybridized carbons (Fsp3) is 0.0769. The van der Waals surface area contributed by atoms with Crippen LogP contribution in [0.2, 0.25) is 5.02 Å². The van der Waals surface area contributed by atoms with Crippen LogP contribution in [0.15, 0.2) is 36.4 Å². The number of nitrogens with two attached hydrogens (primary N) is 1. The molecule has 2 aromatic rings. The summed E-state index contributed by atoms with van der Waals surface area (Å²) in [6, 6.07) is 9.99. The molecule has 1 nitrogen and oxygen atoms in total. The number of hydrogen-bond donors (Lipinski definition) is 1. The van der Waals surface area contributed by atoms with Gasteiger partial charge in [0.2, 0.25) is 0 Å². The molecular weight excluding hydrogens is 225 g/mol. The summed E-state index contributed by atoms with van der Waals surface area (Å²) in [5.41, 5.74) is 8.94. The van der Waals surface area contributed by atoms with E-state index in [1.807, 2.05) is 13.0 Å². The van der Waals surface area contributed by atoms with E-state index in [4.69, 9.17) is 17.3 Å². The molecular formula is C13H11ClFN. The quantitative estimate of drug-likeness (QED) is 0.742. The summed E-state index contributed by atoms with van der Waals surface area (Å²) in [5.74, 6) is -0.255. The molecule has 0 aliphatic heterocycles. The van der Waals surface area contributed by atoms with Crippen LogP contribution in [0.4, 0.5) is 10.1 Å². The average Bonchev–Trinajstić information content (AvgIpc) is 2.26. The van der Waals surface area contributed by atoms with Gasteiger partial charge >= 0.3 is 0 Å². The van der Waals surface area contributed by atoms with Gasteiger partial charge < -0.3 is 5.73 Å². The smallest absolute Gasteiger partial charge is 0.123 e. The maximum Gasteiger partial charge on any atom is 0.123 e. The largest absolute Gasteiger partial charge is 0.398 e. The summed E-state index contributed by atoms with van der Waals surface area (Å²) in [6.45, 7) is 1.93. The van der Waals surface area contributed by atoms with E-state index < -0.39 is 0 Å². The number of halogens is 2. The lowest BCUT2D eigenvalue weighted by molar-refractivity contribution is 0.628. The van der Waals surface area contributed by atoms with Crippen LogP contribution in [0.5, 0.6) is 0 Å². The molecule has 0 bridgehead atoms. The highest BCUT2D eigenvalue weighted by atomic mass is 35.5. The zero-order valence-corrected chi connectivity index (χ0v) is 9.55. The molecule has 2 aromatic carbocycles. The van der Waals surface area contributed by atoms with Crippen molar-refractivity contribution in [1.29, 1.82) is 0 Å². The Morgan fingerprint density at radius 2 is 1.88 bits per heavy atom. The first-order valence-corrected chi connectivity index (χ1v) is 5.27. The van der Waals surface area contributed by atoms with Gasteiger partial charge in [-0.3, -0.25) is 0 Å². The van der Waals surface area contributed by atoms with Crippen molar-refractivity contribution in [2.75, 3.05) is 5.73 Å². The van der Waals surface area contributed by atoms with Crippen molar-refractivity contribution in [2.45, 2.75) is 6.92 Å². The fourth-order valence-electron chi connectivity index (χ4n) is 1.62. The van der Waals surface area contributed by atoms with Crippen molar-refractivity contribution < 1.29 is 4.39 Å². The van der Waals surface area contributed by atoms with E-state index in [0.717, 1.165) is 16.7 Å². The maximum atomic E-state index is 13.2. The van der Waals surface area contributed by atoms with E-state index in [1.54, 1.807) is 18.2 Å². The molecule has 3 heteroatoms. The third-order valence-electron chi connectivity index (χ3n) is 2.51. The summed E-state index contributed by atoms with van der Waals surface area (Å²) < 4.78 is 13.2. The Labute approximate surface area is 98.7 Å². The van der Waals surface area contributed by atoms with Gasteiger partial charge in [0.1, 0.15) is 5.82 Å². The Hall–Kier alpha value is -1.54. The van der Waals surface area contributed by atoms with Crippen LogP contribution in [0.1, 0.15) is 5.56 Å². The molecule has 0 aliphatic carbocycles. The van der Waals surface area contributed by atoms with Crippen LogP contribution in [-0.4, -0.2) is 0 Å². The van der Waals surface area contributed by atoms with E-state index >= 15 is 0 Å². The van der Waals surface area contributed by atoms with Crippen molar-refractivity contribution in [3.05, 3.63) is 52.8 Å². The van der Waals surface area contributed by atoms with Crippen LogP contribution in [0, 0.1) is 12.7 Å². The van der Waals surface area contributed by atoms with E-state index in [2.05, 4.69) is 0 Å².